The van der Waals surface area contributed by atoms with Gasteiger partial charge in [0.05, 0.1) is 6.10 Å². The number of carbonyl (C=O) groups is 4. The number of benzene rings is 3. The average molecular weight is 711 g/mol. The second kappa shape index (κ2) is 16.8. The summed E-state index contributed by atoms with van der Waals surface area (Å²) in [5.41, 5.74) is 0.707. The molecule has 0 aromatic heterocycles. The average Bonchev–Trinajstić information content (AvgIpc) is 3.10. The zero-order chi connectivity index (χ0) is 37.5. The number of amides is 4. The molecule has 10 heteroatoms. The minimum Gasteiger partial charge on any atom is -0.444 e. The van der Waals surface area contributed by atoms with Gasteiger partial charge in [0.15, 0.2) is 0 Å². The Hall–Kier alpha value is -4.70. The first-order valence-corrected chi connectivity index (χ1v) is 18.4. The molecule has 1 saturated carbocycles. The highest BCUT2D eigenvalue weighted by Gasteiger charge is 2.39. The van der Waals surface area contributed by atoms with Crippen LogP contribution in [0, 0.1) is 0 Å². The molecule has 3 aromatic carbocycles. The van der Waals surface area contributed by atoms with Crippen molar-refractivity contribution in [1.29, 1.82) is 0 Å². The second-order valence-electron chi connectivity index (χ2n) is 15.4. The van der Waals surface area contributed by atoms with E-state index in [9.17, 15) is 24.3 Å². The lowest BCUT2D eigenvalue weighted by atomic mass is 9.74. The number of ether oxygens (including phenoxy) is 1. The van der Waals surface area contributed by atoms with E-state index in [2.05, 4.69) is 5.32 Å². The molecule has 52 heavy (non-hydrogen) atoms. The summed E-state index contributed by atoms with van der Waals surface area (Å²) < 4.78 is 5.49. The Labute approximate surface area is 307 Å². The van der Waals surface area contributed by atoms with E-state index in [1.54, 1.807) is 25.1 Å². The van der Waals surface area contributed by atoms with Gasteiger partial charge in [0.1, 0.15) is 17.7 Å². The Bertz CT molecular complexity index is 1740. The van der Waals surface area contributed by atoms with Crippen molar-refractivity contribution < 1.29 is 29.0 Å². The summed E-state index contributed by atoms with van der Waals surface area (Å²) in [6, 6.07) is 21.9. The fourth-order valence-corrected chi connectivity index (χ4v) is 7.05. The number of carbonyl (C=O) groups excluding carboxylic acids is 4. The number of piperidine rings is 1. The second-order valence-corrected chi connectivity index (χ2v) is 15.4. The molecule has 5 rings (SSSR count). The minimum atomic E-state index is -0.907. The molecule has 2 aliphatic rings. The molecule has 4 amide bonds. The zero-order valence-corrected chi connectivity index (χ0v) is 31.2. The summed E-state index contributed by atoms with van der Waals surface area (Å²) >= 11 is 0. The van der Waals surface area contributed by atoms with Gasteiger partial charge in [-0.3, -0.25) is 14.4 Å². The lowest BCUT2D eigenvalue weighted by molar-refractivity contribution is -0.150. The van der Waals surface area contributed by atoms with Gasteiger partial charge in [-0.15, -0.1) is 0 Å². The highest BCUT2D eigenvalue weighted by Crippen LogP contribution is 2.35. The van der Waals surface area contributed by atoms with Gasteiger partial charge >= 0.3 is 6.09 Å². The summed E-state index contributed by atoms with van der Waals surface area (Å²) in [5.74, 6) is -0.866. The van der Waals surface area contributed by atoms with Crippen LogP contribution in [0.5, 0.6) is 0 Å². The van der Waals surface area contributed by atoms with E-state index in [0.717, 1.165) is 41.2 Å². The van der Waals surface area contributed by atoms with E-state index in [0.29, 0.717) is 38.8 Å². The van der Waals surface area contributed by atoms with Crippen LogP contribution in [0.4, 0.5) is 4.79 Å². The van der Waals surface area contributed by atoms with Gasteiger partial charge in [0.25, 0.3) is 0 Å². The molecule has 0 bridgehead atoms. The van der Waals surface area contributed by atoms with Crippen LogP contribution >= 0.6 is 0 Å². The van der Waals surface area contributed by atoms with Crippen LogP contribution in [-0.4, -0.2) is 100 Å². The molecule has 1 heterocycles. The third-order valence-corrected chi connectivity index (χ3v) is 10.3. The number of likely N-dealkylation sites (tertiary alicyclic amines) is 1. The predicted octanol–water partition coefficient (Wildman–Crippen LogP) is 5.66. The highest BCUT2D eigenvalue weighted by atomic mass is 16.6. The smallest absolute Gasteiger partial charge is 0.408 e. The van der Waals surface area contributed by atoms with Crippen molar-refractivity contribution in [2.24, 2.45) is 0 Å². The van der Waals surface area contributed by atoms with Gasteiger partial charge < -0.3 is 29.9 Å². The Morgan fingerprint density at radius 1 is 0.885 bits per heavy atom. The molecule has 278 valence electrons. The number of hydrogen-bond acceptors (Lipinski definition) is 6. The first kappa shape index (κ1) is 38.5. The molecule has 2 atom stereocenters. The minimum absolute atomic E-state index is 0.173. The topological polar surface area (TPSA) is 119 Å². The number of hydrogen-bond donors (Lipinski definition) is 2. The Morgan fingerprint density at radius 3 is 2.15 bits per heavy atom. The highest BCUT2D eigenvalue weighted by molar-refractivity contribution is 5.95. The fraction of sp³-hybridized carbons (Fsp3) is 0.476. The maximum Gasteiger partial charge on any atom is 0.408 e. The summed E-state index contributed by atoms with van der Waals surface area (Å²) in [6.45, 7) is 6.29. The molecule has 0 spiro atoms. The van der Waals surface area contributed by atoms with Crippen LogP contribution in [-0.2, 0) is 32.0 Å². The Morgan fingerprint density at radius 2 is 1.52 bits per heavy atom. The van der Waals surface area contributed by atoms with Crippen LogP contribution in [0.1, 0.15) is 70.4 Å². The van der Waals surface area contributed by atoms with Crippen LogP contribution < -0.4 is 5.32 Å². The van der Waals surface area contributed by atoms with Crippen molar-refractivity contribution in [1.82, 2.24) is 20.0 Å². The normalized spacial score (nSPS) is 17.2. The summed E-state index contributed by atoms with van der Waals surface area (Å²) in [7, 11) is 3.28. The molecule has 1 aliphatic heterocycles. The van der Waals surface area contributed by atoms with Crippen LogP contribution in [0.2, 0.25) is 0 Å². The van der Waals surface area contributed by atoms with E-state index >= 15 is 0 Å². The number of fused-ring (bicyclic) bond motifs is 1. The van der Waals surface area contributed by atoms with Gasteiger partial charge in [-0.1, -0.05) is 78.9 Å². The van der Waals surface area contributed by atoms with Gasteiger partial charge in [-0.25, -0.2) is 4.79 Å². The lowest BCUT2D eigenvalue weighted by Gasteiger charge is -2.42. The molecule has 10 nitrogen and oxygen atoms in total. The van der Waals surface area contributed by atoms with Crippen molar-refractivity contribution in [3.8, 4) is 0 Å². The van der Waals surface area contributed by atoms with Crippen LogP contribution in [0.3, 0.4) is 0 Å². The molecule has 2 fully saturated rings. The zero-order valence-electron chi connectivity index (χ0n) is 31.2. The Kier molecular flexibility index (Phi) is 12.4. The number of aliphatic hydroxyl groups excluding tert-OH is 1. The largest absolute Gasteiger partial charge is 0.444 e. The van der Waals surface area contributed by atoms with Gasteiger partial charge in [-0.2, -0.15) is 0 Å². The summed E-state index contributed by atoms with van der Waals surface area (Å²) in [6.07, 6.45) is 6.84. The lowest BCUT2D eigenvalue weighted by Crippen LogP contribution is -2.57. The van der Waals surface area contributed by atoms with Crippen molar-refractivity contribution in [2.45, 2.75) is 101 Å². The van der Waals surface area contributed by atoms with Crippen molar-refractivity contribution in [3.63, 3.8) is 0 Å². The molecule has 0 unspecified atom stereocenters. The quantitative estimate of drug-likeness (QED) is 0.235. The van der Waals surface area contributed by atoms with Gasteiger partial charge in [0.2, 0.25) is 17.7 Å². The number of nitrogens with zero attached hydrogens (tertiary/aromatic N) is 3. The summed E-state index contributed by atoms with van der Waals surface area (Å²) in [5, 5.41) is 15.2. The molecular weight excluding hydrogens is 656 g/mol. The third-order valence-electron chi connectivity index (χ3n) is 10.3. The van der Waals surface area contributed by atoms with Gasteiger partial charge in [-0.05, 0) is 87.3 Å². The molecule has 2 N–H and O–H groups in total. The molecule has 1 aliphatic carbocycles. The van der Waals surface area contributed by atoms with E-state index in [1.165, 1.54) is 15.9 Å². The number of nitrogens with one attached hydrogen (secondary N) is 1. The fourth-order valence-electron chi connectivity index (χ4n) is 7.05. The number of aliphatic hydroxyl groups is 1. The maximum absolute atomic E-state index is 14.7. The monoisotopic (exact) mass is 710 g/mol. The Balaban J connectivity index is 1.39. The van der Waals surface area contributed by atoms with E-state index in [4.69, 9.17) is 4.74 Å². The van der Waals surface area contributed by atoms with Crippen molar-refractivity contribution >= 4 is 34.6 Å². The maximum atomic E-state index is 14.7. The number of alkyl carbamates (subject to hydrolysis) is 1. The SMILES string of the molecule is CN(C(=O)/C=C/CC1(NC(=O)OC(C)(C)C)CCC1)[C@H](Cc1ccc2ccccc2c1)C(=O)N(C)[C@H](Cc1ccccc1)C(=O)N1CCC(O)CC1. The molecule has 3 aromatic rings. The predicted molar refractivity (Wildman–Crippen MR) is 202 cm³/mol. The molecule has 0 radical (unpaired) electrons. The van der Waals surface area contributed by atoms with Crippen LogP contribution in [0.25, 0.3) is 10.8 Å². The van der Waals surface area contributed by atoms with Crippen molar-refractivity contribution in [2.75, 3.05) is 27.2 Å². The molecular formula is C42H54N4O6. The van der Waals surface area contributed by atoms with Gasteiger partial charge in [0, 0.05) is 45.6 Å². The van der Waals surface area contributed by atoms with E-state index in [-0.39, 0.29) is 24.1 Å². The first-order chi connectivity index (χ1) is 24.7. The van der Waals surface area contributed by atoms with E-state index in [1.807, 2.05) is 93.6 Å². The number of likely N-dealkylation sites (N-methyl/N-ethyl adjacent to an activating group) is 2. The third kappa shape index (κ3) is 10.00. The van der Waals surface area contributed by atoms with Crippen molar-refractivity contribution in [3.05, 3.63) is 96.1 Å². The van der Waals surface area contributed by atoms with E-state index < -0.39 is 35.4 Å². The molecule has 1 saturated heterocycles. The first-order valence-electron chi connectivity index (χ1n) is 18.4. The van der Waals surface area contributed by atoms with Crippen LogP contribution in [0.15, 0.2) is 84.9 Å². The number of rotatable bonds is 12. The standard InChI is InChI=1S/C42H54N4O6/c1-41(2,3)52-40(51)43-42(23-12-24-42)22-11-17-37(48)44(4)35(29-31-18-19-32-15-9-10-16-33(32)27-31)38(49)45(5)36(28-30-13-7-6-8-14-30)39(50)46-25-20-34(47)21-26-46/h6-11,13-19,27,34-36,47H,12,20-26,28-29H2,1-5H3,(H,43,51)/b17-11+/t35-,36-/m1/s1. The summed E-state index contributed by atoms with van der Waals surface area (Å²) in [4.78, 5) is 59.9.